The Balaban J connectivity index is 1.99. The Bertz CT molecular complexity index is 361. The van der Waals surface area contributed by atoms with E-state index in [0.29, 0.717) is 12.1 Å². The van der Waals surface area contributed by atoms with E-state index in [1.165, 1.54) is 35.6 Å². The average molecular weight is 266 g/mol. The van der Waals surface area contributed by atoms with Crippen LogP contribution in [0.3, 0.4) is 0 Å². The monoisotopic (exact) mass is 266 g/mol. The summed E-state index contributed by atoms with van der Waals surface area (Å²) in [6.45, 7) is 10.3. The Morgan fingerprint density at radius 1 is 1.22 bits per heavy atom. The summed E-state index contributed by atoms with van der Waals surface area (Å²) in [5.41, 5.74) is 0. The van der Waals surface area contributed by atoms with Crippen LogP contribution in [0.1, 0.15) is 43.4 Å². The van der Waals surface area contributed by atoms with Crippen molar-refractivity contribution in [1.82, 2.24) is 10.2 Å². The molecule has 1 saturated heterocycles. The molecule has 18 heavy (non-hydrogen) atoms. The molecule has 1 fully saturated rings. The zero-order chi connectivity index (χ0) is 13.0. The standard InChI is InChI=1S/C15H26N2S/c1-4-12-10-17(13(5-2)9-16-12)11-15-8-7-14(6-3)18-15/h7-8,12-13,16H,4-6,9-11H2,1-3H3. The first kappa shape index (κ1) is 14.0. The van der Waals surface area contributed by atoms with Crippen LogP contribution in [-0.2, 0) is 13.0 Å². The number of rotatable bonds is 5. The molecule has 1 N–H and O–H groups in total. The van der Waals surface area contributed by atoms with Gasteiger partial charge in [0.15, 0.2) is 0 Å². The molecule has 0 amide bonds. The third-order valence-corrected chi connectivity index (χ3v) is 5.22. The predicted octanol–water partition coefficient (Wildman–Crippen LogP) is 3.27. The van der Waals surface area contributed by atoms with Crippen molar-refractivity contribution in [3.05, 3.63) is 21.9 Å². The van der Waals surface area contributed by atoms with Crippen LogP contribution < -0.4 is 5.32 Å². The van der Waals surface area contributed by atoms with E-state index in [9.17, 15) is 0 Å². The molecule has 1 aliphatic heterocycles. The van der Waals surface area contributed by atoms with Crippen molar-refractivity contribution in [2.75, 3.05) is 13.1 Å². The molecule has 0 bridgehead atoms. The third-order valence-electron chi connectivity index (χ3n) is 4.00. The Kier molecular flexibility index (Phi) is 5.22. The van der Waals surface area contributed by atoms with Crippen LogP contribution in [0.25, 0.3) is 0 Å². The van der Waals surface area contributed by atoms with Gasteiger partial charge in [-0.05, 0) is 31.4 Å². The van der Waals surface area contributed by atoms with Crippen LogP contribution >= 0.6 is 11.3 Å². The first-order chi connectivity index (χ1) is 8.76. The number of aryl methyl sites for hydroxylation is 1. The molecule has 3 heteroatoms. The third kappa shape index (κ3) is 3.34. The van der Waals surface area contributed by atoms with Crippen molar-refractivity contribution in [2.45, 2.75) is 58.7 Å². The number of thiophene rings is 1. The maximum Gasteiger partial charge on any atom is 0.0332 e. The molecule has 0 spiro atoms. The van der Waals surface area contributed by atoms with Gasteiger partial charge in [0.25, 0.3) is 0 Å². The SMILES string of the molecule is CCc1ccc(CN2CC(CC)NCC2CC)s1. The number of hydrogen-bond acceptors (Lipinski definition) is 3. The van der Waals surface area contributed by atoms with E-state index in [4.69, 9.17) is 0 Å². The van der Waals surface area contributed by atoms with Gasteiger partial charge in [-0.1, -0.05) is 20.8 Å². The quantitative estimate of drug-likeness (QED) is 0.880. The maximum atomic E-state index is 3.66. The molecule has 1 aliphatic rings. The van der Waals surface area contributed by atoms with E-state index in [-0.39, 0.29) is 0 Å². The maximum absolute atomic E-state index is 3.66. The first-order valence-electron chi connectivity index (χ1n) is 7.31. The highest BCUT2D eigenvalue weighted by Crippen LogP contribution is 2.22. The minimum Gasteiger partial charge on any atom is -0.311 e. The van der Waals surface area contributed by atoms with Crippen molar-refractivity contribution in [2.24, 2.45) is 0 Å². The largest absolute Gasteiger partial charge is 0.311 e. The normalized spacial score (nSPS) is 25.5. The fourth-order valence-electron chi connectivity index (χ4n) is 2.70. The second-order valence-corrected chi connectivity index (χ2v) is 6.48. The Morgan fingerprint density at radius 3 is 2.61 bits per heavy atom. The lowest BCUT2D eigenvalue weighted by Crippen LogP contribution is -2.55. The summed E-state index contributed by atoms with van der Waals surface area (Å²) in [7, 11) is 0. The molecular weight excluding hydrogens is 240 g/mol. The van der Waals surface area contributed by atoms with Crippen LogP contribution in [0.2, 0.25) is 0 Å². The number of nitrogens with one attached hydrogen (secondary N) is 1. The minimum absolute atomic E-state index is 0.679. The molecule has 2 nitrogen and oxygen atoms in total. The fraction of sp³-hybridized carbons (Fsp3) is 0.733. The second kappa shape index (κ2) is 6.69. The molecule has 2 heterocycles. The van der Waals surface area contributed by atoms with Gasteiger partial charge in [0.05, 0.1) is 0 Å². The molecule has 0 radical (unpaired) electrons. The zero-order valence-electron chi connectivity index (χ0n) is 11.9. The van der Waals surface area contributed by atoms with E-state index in [2.05, 4.69) is 43.1 Å². The minimum atomic E-state index is 0.679. The van der Waals surface area contributed by atoms with Gasteiger partial charge in [-0.3, -0.25) is 4.90 Å². The topological polar surface area (TPSA) is 15.3 Å². The lowest BCUT2D eigenvalue weighted by atomic mass is 10.1. The summed E-state index contributed by atoms with van der Waals surface area (Å²) >= 11 is 1.99. The second-order valence-electron chi connectivity index (χ2n) is 5.23. The summed E-state index contributed by atoms with van der Waals surface area (Å²) in [6.07, 6.45) is 3.65. The highest BCUT2D eigenvalue weighted by atomic mass is 32.1. The summed E-state index contributed by atoms with van der Waals surface area (Å²) in [5, 5.41) is 3.66. The van der Waals surface area contributed by atoms with Crippen LogP contribution in [0.4, 0.5) is 0 Å². The highest BCUT2D eigenvalue weighted by Gasteiger charge is 2.25. The van der Waals surface area contributed by atoms with Crippen LogP contribution in [0, 0.1) is 0 Å². The molecular formula is C15H26N2S. The molecule has 0 aromatic carbocycles. The van der Waals surface area contributed by atoms with Gasteiger partial charge in [-0.15, -0.1) is 11.3 Å². The smallest absolute Gasteiger partial charge is 0.0332 e. The van der Waals surface area contributed by atoms with Crippen molar-refractivity contribution in [1.29, 1.82) is 0 Å². The van der Waals surface area contributed by atoms with Gasteiger partial charge >= 0.3 is 0 Å². The van der Waals surface area contributed by atoms with E-state index in [0.717, 1.165) is 13.1 Å². The summed E-state index contributed by atoms with van der Waals surface area (Å²) in [5.74, 6) is 0. The molecule has 1 aromatic heterocycles. The van der Waals surface area contributed by atoms with E-state index < -0.39 is 0 Å². The number of nitrogens with zero attached hydrogens (tertiary/aromatic N) is 1. The van der Waals surface area contributed by atoms with Gasteiger partial charge in [-0.25, -0.2) is 0 Å². The average Bonchev–Trinajstić information content (AvgIpc) is 2.86. The van der Waals surface area contributed by atoms with E-state index in [1.54, 1.807) is 0 Å². The van der Waals surface area contributed by atoms with Gasteiger partial charge < -0.3 is 5.32 Å². The highest BCUT2D eigenvalue weighted by molar-refractivity contribution is 7.11. The number of hydrogen-bond donors (Lipinski definition) is 1. The molecule has 2 unspecified atom stereocenters. The van der Waals surface area contributed by atoms with Crippen molar-refractivity contribution < 1.29 is 0 Å². The van der Waals surface area contributed by atoms with Gasteiger partial charge in [0.2, 0.25) is 0 Å². The Labute approximate surface area is 115 Å². The zero-order valence-corrected chi connectivity index (χ0v) is 12.7. The lowest BCUT2D eigenvalue weighted by molar-refractivity contribution is 0.118. The van der Waals surface area contributed by atoms with Crippen molar-refractivity contribution in [3.8, 4) is 0 Å². The summed E-state index contributed by atoms with van der Waals surface area (Å²) in [4.78, 5) is 5.72. The predicted molar refractivity (Wildman–Crippen MR) is 80.3 cm³/mol. The molecule has 2 rings (SSSR count). The summed E-state index contributed by atoms with van der Waals surface area (Å²) < 4.78 is 0. The van der Waals surface area contributed by atoms with E-state index >= 15 is 0 Å². The lowest BCUT2D eigenvalue weighted by Gasteiger charge is -2.39. The van der Waals surface area contributed by atoms with Gasteiger partial charge in [0, 0.05) is 41.5 Å². The molecule has 0 saturated carbocycles. The fourth-order valence-corrected chi connectivity index (χ4v) is 3.68. The molecule has 2 atom stereocenters. The van der Waals surface area contributed by atoms with Gasteiger partial charge in [0.1, 0.15) is 0 Å². The van der Waals surface area contributed by atoms with Crippen molar-refractivity contribution >= 4 is 11.3 Å². The van der Waals surface area contributed by atoms with E-state index in [1.807, 2.05) is 11.3 Å². The Morgan fingerprint density at radius 2 is 2.00 bits per heavy atom. The van der Waals surface area contributed by atoms with Crippen molar-refractivity contribution in [3.63, 3.8) is 0 Å². The first-order valence-corrected chi connectivity index (χ1v) is 8.13. The van der Waals surface area contributed by atoms with Crippen LogP contribution in [0.5, 0.6) is 0 Å². The van der Waals surface area contributed by atoms with Gasteiger partial charge in [-0.2, -0.15) is 0 Å². The molecule has 102 valence electrons. The van der Waals surface area contributed by atoms with Crippen LogP contribution in [0.15, 0.2) is 12.1 Å². The van der Waals surface area contributed by atoms with Crippen LogP contribution in [-0.4, -0.2) is 30.1 Å². The molecule has 1 aromatic rings. The summed E-state index contributed by atoms with van der Waals surface area (Å²) in [6, 6.07) is 6.00. The Hall–Kier alpha value is -0.380. The number of piperazine rings is 1. The molecule has 0 aliphatic carbocycles.